The molecule has 8 heteroatoms. The van der Waals surface area contributed by atoms with Gasteiger partial charge in [0.1, 0.15) is 18.2 Å². The number of hydrogen-bond acceptors (Lipinski definition) is 4. The lowest BCUT2D eigenvalue weighted by molar-refractivity contribution is -0.125. The molecule has 0 spiro atoms. The van der Waals surface area contributed by atoms with Gasteiger partial charge >= 0.3 is 0 Å². The van der Waals surface area contributed by atoms with Crippen LogP contribution >= 0.6 is 24.8 Å². The van der Waals surface area contributed by atoms with Gasteiger partial charge in [0.25, 0.3) is 0 Å². The monoisotopic (exact) mass is 402 g/mol. The predicted molar refractivity (Wildman–Crippen MR) is 109 cm³/mol. The van der Waals surface area contributed by atoms with E-state index in [1.54, 1.807) is 6.20 Å². The van der Waals surface area contributed by atoms with Crippen LogP contribution in [-0.2, 0) is 18.4 Å². The summed E-state index contributed by atoms with van der Waals surface area (Å²) in [5, 5.41) is 2.95. The maximum absolute atomic E-state index is 12.5. The van der Waals surface area contributed by atoms with Crippen molar-refractivity contribution in [3.8, 4) is 5.75 Å². The molecule has 6 nitrogen and oxygen atoms in total. The molecule has 0 saturated heterocycles. The Morgan fingerprint density at radius 1 is 1.23 bits per heavy atom. The third-order valence-corrected chi connectivity index (χ3v) is 4.63. The van der Waals surface area contributed by atoms with Crippen LogP contribution in [0.1, 0.15) is 32.5 Å². The molecule has 1 aromatic heterocycles. The van der Waals surface area contributed by atoms with Crippen molar-refractivity contribution in [3.05, 3.63) is 42.5 Å². The molecule has 0 aliphatic carbocycles. The van der Waals surface area contributed by atoms with Crippen molar-refractivity contribution in [2.75, 3.05) is 11.9 Å². The van der Waals surface area contributed by atoms with Gasteiger partial charge in [-0.1, -0.05) is 13.8 Å². The minimum Gasteiger partial charge on any atom is -0.486 e. The third-order valence-electron chi connectivity index (χ3n) is 4.63. The normalized spacial score (nSPS) is 10.5. The number of nitrogens with one attached hydrogen (secondary N) is 1. The number of halogens is 2. The second-order valence-electron chi connectivity index (χ2n) is 5.91. The number of hydrogen-bond donors (Lipinski definition) is 2. The lowest BCUT2D eigenvalue weighted by Gasteiger charge is -2.28. The number of anilines is 1. The molecule has 146 valence electrons. The lowest BCUT2D eigenvalue weighted by Crippen LogP contribution is -2.41. The largest absolute Gasteiger partial charge is 0.486 e. The molecular formula is C18H28Cl2N4O2. The molecule has 0 atom stereocenters. The number of ether oxygens (including phenoxy) is 1. The minimum atomic E-state index is -0.507. The van der Waals surface area contributed by atoms with Crippen molar-refractivity contribution in [1.82, 2.24) is 9.55 Å². The van der Waals surface area contributed by atoms with Gasteiger partial charge in [0.05, 0.1) is 5.41 Å². The molecule has 0 unspecified atom stereocenters. The highest BCUT2D eigenvalue weighted by Crippen LogP contribution is 2.27. The predicted octanol–water partition coefficient (Wildman–Crippen LogP) is 3.55. The first-order valence-electron chi connectivity index (χ1n) is 8.25. The molecule has 2 aromatic rings. The van der Waals surface area contributed by atoms with Gasteiger partial charge in [-0.15, -0.1) is 24.8 Å². The summed E-state index contributed by atoms with van der Waals surface area (Å²) in [6.45, 7) is 4.73. The highest BCUT2D eigenvalue weighted by atomic mass is 35.5. The maximum atomic E-state index is 12.5. The van der Waals surface area contributed by atoms with Gasteiger partial charge in [0, 0.05) is 31.7 Å². The molecular weight excluding hydrogens is 375 g/mol. The number of aromatic nitrogens is 2. The summed E-state index contributed by atoms with van der Waals surface area (Å²) in [4.78, 5) is 16.7. The van der Waals surface area contributed by atoms with Crippen molar-refractivity contribution in [2.45, 2.75) is 33.3 Å². The lowest BCUT2D eigenvalue weighted by atomic mass is 9.81. The first-order valence-corrected chi connectivity index (χ1v) is 8.25. The molecule has 0 aliphatic heterocycles. The van der Waals surface area contributed by atoms with Gasteiger partial charge in [-0.3, -0.25) is 4.79 Å². The van der Waals surface area contributed by atoms with E-state index in [1.807, 2.05) is 55.9 Å². The molecule has 26 heavy (non-hydrogen) atoms. The number of carbonyl (C=O) groups excluding carboxylic acids is 1. The first-order chi connectivity index (χ1) is 11.5. The minimum absolute atomic E-state index is 0. The van der Waals surface area contributed by atoms with Crippen LogP contribution in [0.3, 0.4) is 0 Å². The number of amides is 1. The van der Waals surface area contributed by atoms with Gasteiger partial charge in [-0.05, 0) is 37.1 Å². The number of rotatable bonds is 8. The number of aryl methyl sites for hydroxylation is 1. The summed E-state index contributed by atoms with van der Waals surface area (Å²) in [6, 6.07) is 7.33. The molecule has 0 radical (unpaired) electrons. The second kappa shape index (κ2) is 11.1. The standard InChI is InChI=1S/C18H26N4O2.2ClH/c1-4-18(5-2,13-19)17(23)21-14-6-8-15(9-7-14)24-12-16-20-10-11-22(16)3;;/h6-11H,4-5,12-13,19H2,1-3H3,(H,21,23);2*1H. The van der Waals surface area contributed by atoms with Crippen molar-refractivity contribution in [2.24, 2.45) is 18.2 Å². The third kappa shape index (κ3) is 5.62. The van der Waals surface area contributed by atoms with Crippen LogP contribution in [0.15, 0.2) is 36.7 Å². The van der Waals surface area contributed by atoms with Crippen molar-refractivity contribution in [1.29, 1.82) is 0 Å². The summed E-state index contributed by atoms with van der Waals surface area (Å²) in [5.74, 6) is 1.55. The van der Waals surface area contributed by atoms with Crippen LogP contribution < -0.4 is 15.8 Å². The van der Waals surface area contributed by atoms with E-state index >= 15 is 0 Å². The van der Waals surface area contributed by atoms with Crippen molar-refractivity contribution < 1.29 is 9.53 Å². The summed E-state index contributed by atoms with van der Waals surface area (Å²) < 4.78 is 7.62. The van der Waals surface area contributed by atoms with E-state index in [1.165, 1.54) is 0 Å². The smallest absolute Gasteiger partial charge is 0.231 e. The topological polar surface area (TPSA) is 82.2 Å². The Bertz CT molecular complexity index is 662. The van der Waals surface area contributed by atoms with E-state index in [2.05, 4.69) is 10.3 Å². The van der Waals surface area contributed by atoms with Crippen LogP contribution in [0.5, 0.6) is 5.75 Å². The number of carbonyl (C=O) groups is 1. The Labute approximate surface area is 167 Å². The molecule has 2 rings (SSSR count). The summed E-state index contributed by atoms with van der Waals surface area (Å²) in [5.41, 5.74) is 6.05. The molecule has 0 bridgehead atoms. The van der Waals surface area contributed by atoms with Gasteiger partial charge in [-0.25, -0.2) is 4.98 Å². The average Bonchev–Trinajstić information content (AvgIpc) is 3.01. The Morgan fingerprint density at radius 2 is 1.85 bits per heavy atom. The molecule has 0 saturated carbocycles. The fourth-order valence-corrected chi connectivity index (χ4v) is 2.53. The molecule has 0 fully saturated rings. The maximum Gasteiger partial charge on any atom is 0.231 e. The van der Waals surface area contributed by atoms with Crippen LogP contribution in [0.4, 0.5) is 5.69 Å². The summed E-state index contributed by atoms with van der Waals surface area (Å²) >= 11 is 0. The second-order valence-corrected chi connectivity index (χ2v) is 5.91. The van der Waals surface area contributed by atoms with Crippen LogP contribution in [0, 0.1) is 5.41 Å². The van der Waals surface area contributed by atoms with E-state index in [9.17, 15) is 4.79 Å². The number of nitrogens with two attached hydrogens (primary N) is 1. The molecule has 1 heterocycles. The van der Waals surface area contributed by atoms with Gasteiger partial charge in [-0.2, -0.15) is 0 Å². The highest BCUT2D eigenvalue weighted by Gasteiger charge is 2.33. The van der Waals surface area contributed by atoms with Crippen molar-refractivity contribution in [3.63, 3.8) is 0 Å². The number of benzene rings is 1. The van der Waals surface area contributed by atoms with E-state index < -0.39 is 5.41 Å². The summed E-state index contributed by atoms with van der Waals surface area (Å²) in [6.07, 6.45) is 5.05. The molecule has 1 aromatic carbocycles. The molecule has 0 aliphatic rings. The van der Waals surface area contributed by atoms with E-state index in [0.29, 0.717) is 13.2 Å². The van der Waals surface area contributed by atoms with E-state index in [0.717, 1.165) is 30.1 Å². The van der Waals surface area contributed by atoms with Gasteiger partial charge < -0.3 is 20.4 Å². The van der Waals surface area contributed by atoms with Gasteiger partial charge in [0.15, 0.2) is 0 Å². The SMILES string of the molecule is CCC(CC)(CN)C(=O)Nc1ccc(OCc2nccn2C)cc1.Cl.Cl. The van der Waals surface area contributed by atoms with Crippen LogP contribution in [0.25, 0.3) is 0 Å². The van der Waals surface area contributed by atoms with E-state index in [-0.39, 0.29) is 30.7 Å². The van der Waals surface area contributed by atoms with E-state index in [4.69, 9.17) is 10.5 Å². The van der Waals surface area contributed by atoms with Gasteiger partial charge in [0.2, 0.25) is 5.91 Å². The Hall–Kier alpha value is -1.76. The molecule has 3 N–H and O–H groups in total. The zero-order valence-corrected chi connectivity index (χ0v) is 17.0. The zero-order chi connectivity index (χ0) is 17.6. The number of nitrogens with zero attached hydrogens (tertiary/aromatic N) is 2. The highest BCUT2D eigenvalue weighted by molar-refractivity contribution is 5.95. The Balaban J connectivity index is 0.00000312. The van der Waals surface area contributed by atoms with Crippen molar-refractivity contribution >= 4 is 36.4 Å². The zero-order valence-electron chi connectivity index (χ0n) is 15.4. The van der Waals surface area contributed by atoms with Crippen LogP contribution in [-0.4, -0.2) is 22.0 Å². The number of imidazole rings is 1. The Kier molecular flexibility index (Phi) is 10.3. The first kappa shape index (κ1) is 24.2. The molecule has 1 amide bonds. The Morgan fingerprint density at radius 3 is 2.31 bits per heavy atom. The quantitative estimate of drug-likeness (QED) is 0.706. The van der Waals surface area contributed by atoms with Crippen LogP contribution in [0.2, 0.25) is 0 Å². The average molecular weight is 403 g/mol. The fraction of sp³-hybridized carbons (Fsp3) is 0.444. The summed E-state index contributed by atoms with van der Waals surface area (Å²) in [7, 11) is 1.93. The fourth-order valence-electron chi connectivity index (χ4n) is 2.53.